The van der Waals surface area contributed by atoms with Crippen molar-refractivity contribution in [2.45, 2.75) is 6.54 Å². The molecule has 2 aromatic heterocycles. The summed E-state index contributed by atoms with van der Waals surface area (Å²) in [5.41, 5.74) is 0.559. The van der Waals surface area contributed by atoms with Crippen molar-refractivity contribution in [3.63, 3.8) is 0 Å². The van der Waals surface area contributed by atoms with E-state index in [1.54, 1.807) is 24.3 Å². The topological polar surface area (TPSA) is 99.0 Å². The summed E-state index contributed by atoms with van der Waals surface area (Å²) in [6.45, 7) is -0.638. The highest BCUT2D eigenvalue weighted by Gasteiger charge is 2.12. The van der Waals surface area contributed by atoms with E-state index in [2.05, 4.69) is 20.7 Å². The number of benzene rings is 1. The van der Waals surface area contributed by atoms with Gasteiger partial charge in [0, 0.05) is 10.7 Å². The van der Waals surface area contributed by atoms with Crippen LogP contribution in [0.5, 0.6) is 0 Å². The second-order valence-electron chi connectivity index (χ2n) is 4.84. The van der Waals surface area contributed by atoms with E-state index in [0.29, 0.717) is 16.5 Å². The Bertz CT molecular complexity index is 864. The van der Waals surface area contributed by atoms with Crippen LogP contribution in [0.2, 0.25) is 5.02 Å². The van der Waals surface area contributed by atoms with Crippen molar-refractivity contribution in [2.24, 2.45) is 0 Å². The average Bonchev–Trinajstić information content (AvgIpc) is 3.26. The quantitative estimate of drug-likeness (QED) is 0.661. The molecule has 0 saturated heterocycles. The number of aromatic nitrogens is 4. The van der Waals surface area contributed by atoms with E-state index in [1.807, 2.05) is 17.5 Å². The van der Waals surface area contributed by atoms with Crippen LogP contribution in [0.25, 0.3) is 10.7 Å². The van der Waals surface area contributed by atoms with Gasteiger partial charge in [0.25, 0.3) is 5.91 Å². The predicted octanol–water partition coefficient (Wildman–Crippen LogP) is 2.24. The van der Waals surface area contributed by atoms with E-state index in [-0.39, 0.29) is 6.54 Å². The maximum absolute atomic E-state index is 11.8. The summed E-state index contributed by atoms with van der Waals surface area (Å²) in [5, 5.41) is 16.8. The lowest BCUT2D eigenvalue weighted by molar-refractivity contribution is -0.148. The first-order valence-corrected chi connectivity index (χ1v) is 8.38. The summed E-state index contributed by atoms with van der Waals surface area (Å²) in [7, 11) is 0. The molecule has 3 rings (SSSR count). The van der Waals surface area contributed by atoms with E-state index >= 15 is 0 Å². The minimum Gasteiger partial charge on any atom is -0.454 e. The lowest BCUT2D eigenvalue weighted by Gasteiger charge is -2.06. The molecule has 0 bridgehead atoms. The third-order valence-corrected chi connectivity index (χ3v) is 4.07. The fourth-order valence-electron chi connectivity index (χ4n) is 1.85. The van der Waals surface area contributed by atoms with Crippen LogP contribution in [0.3, 0.4) is 0 Å². The van der Waals surface area contributed by atoms with Gasteiger partial charge in [-0.3, -0.25) is 4.79 Å². The summed E-state index contributed by atoms with van der Waals surface area (Å²) in [6.07, 6.45) is 0. The van der Waals surface area contributed by atoms with Gasteiger partial charge in [0.15, 0.2) is 13.2 Å². The number of hydrogen-bond donors (Lipinski definition) is 1. The van der Waals surface area contributed by atoms with Crippen LogP contribution < -0.4 is 5.32 Å². The number of anilines is 1. The van der Waals surface area contributed by atoms with Gasteiger partial charge < -0.3 is 10.1 Å². The molecule has 10 heteroatoms. The molecule has 0 aliphatic heterocycles. The number of tetrazole rings is 1. The van der Waals surface area contributed by atoms with Gasteiger partial charge in [-0.15, -0.1) is 21.5 Å². The van der Waals surface area contributed by atoms with Gasteiger partial charge >= 0.3 is 5.97 Å². The monoisotopic (exact) mass is 377 g/mol. The molecule has 0 aliphatic carbocycles. The number of halogens is 1. The molecular formula is C15H12ClN5O3S. The molecule has 0 atom stereocenters. The Labute approximate surface area is 151 Å². The van der Waals surface area contributed by atoms with Crippen LogP contribution in [0.4, 0.5) is 5.69 Å². The number of rotatable bonds is 6. The minimum atomic E-state index is -0.638. The lowest BCUT2D eigenvalue weighted by Crippen LogP contribution is -2.23. The van der Waals surface area contributed by atoms with Crippen molar-refractivity contribution < 1.29 is 14.3 Å². The van der Waals surface area contributed by atoms with Crippen molar-refractivity contribution >= 4 is 40.5 Å². The van der Waals surface area contributed by atoms with E-state index in [9.17, 15) is 9.59 Å². The Morgan fingerprint density at radius 3 is 2.76 bits per heavy atom. The van der Waals surface area contributed by atoms with Crippen molar-refractivity contribution in [1.82, 2.24) is 20.2 Å². The van der Waals surface area contributed by atoms with Crippen molar-refractivity contribution in [1.29, 1.82) is 0 Å². The Kier molecular flexibility index (Phi) is 5.36. The van der Waals surface area contributed by atoms with Gasteiger partial charge in [-0.25, -0.2) is 4.79 Å². The van der Waals surface area contributed by atoms with E-state index in [4.69, 9.17) is 16.3 Å². The molecule has 1 aromatic carbocycles. The number of thiophene rings is 1. The zero-order valence-corrected chi connectivity index (χ0v) is 14.3. The Morgan fingerprint density at radius 1 is 1.24 bits per heavy atom. The molecule has 1 N–H and O–H groups in total. The highest BCUT2D eigenvalue weighted by Crippen LogP contribution is 2.19. The smallest absolute Gasteiger partial charge is 0.330 e. The number of hydrogen-bond acceptors (Lipinski definition) is 7. The van der Waals surface area contributed by atoms with Crippen LogP contribution in [0.15, 0.2) is 41.8 Å². The molecule has 0 spiro atoms. The van der Waals surface area contributed by atoms with Gasteiger partial charge in [-0.2, -0.15) is 4.80 Å². The minimum absolute atomic E-state index is 0.230. The van der Waals surface area contributed by atoms with Gasteiger partial charge in [-0.05, 0) is 40.9 Å². The Balaban J connectivity index is 1.46. The Hall–Kier alpha value is -2.78. The van der Waals surface area contributed by atoms with Crippen molar-refractivity contribution in [2.75, 3.05) is 11.9 Å². The van der Waals surface area contributed by atoms with Crippen LogP contribution in [-0.4, -0.2) is 38.7 Å². The van der Waals surface area contributed by atoms with Gasteiger partial charge in [0.1, 0.15) is 0 Å². The predicted molar refractivity (Wildman–Crippen MR) is 92.2 cm³/mol. The van der Waals surface area contributed by atoms with Gasteiger partial charge in [0.05, 0.1) is 4.88 Å². The second-order valence-corrected chi connectivity index (χ2v) is 6.22. The summed E-state index contributed by atoms with van der Waals surface area (Å²) < 4.78 is 4.90. The molecule has 1 amide bonds. The SMILES string of the molecule is O=C(COC(=O)Cn1nnc(-c2cccs2)n1)Nc1ccc(Cl)cc1. The molecule has 0 unspecified atom stereocenters. The summed E-state index contributed by atoms with van der Waals surface area (Å²) in [4.78, 5) is 25.5. The molecule has 0 saturated carbocycles. The van der Waals surface area contributed by atoms with Crippen molar-refractivity contribution in [3.05, 3.63) is 46.8 Å². The largest absolute Gasteiger partial charge is 0.454 e. The fraction of sp³-hybridized carbons (Fsp3) is 0.133. The van der Waals surface area contributed by atoms with Gasteiger partial charge in [-0.1, -0.05) is 17.7 Å². The molecule has 8 nitrogen and oxygen atoms in total. The lowest BCUT2D eigenvalue weighted by atomic mass is 10.3. The molecule has 0 fully saturated rings. The molecule has 3 aromatic rings. The zero-order chi connectivity index (χ0) is 17.6. The fourth-order valence-corrected chi connectivity index (χ4v) is 2.63. The molecule has 0 radical (unpaired) electrons. The van der Waals surface area contributed by atoms with Crippen LogP contribution in [0, 0.1) is 0 Å². The van der Waals surface area contributed by atoms with Crippen LogP contribution >= 0.6 is 22.9 Å². The van der Waals surface area contributed by atoms with Gasteiger partial charge in [0.2, 0.25) is 5.82 Å². The molecule has 2 heterocycles. The Morgan fingerprint density at radius 2 is 2.04 bits per heavy atom. The standard InChI is InChI=1S/C15H12ClN5O3S/c16-10-3-5-11(6-4-10)17-13(22)9-24-14(23)8-21-19-15(18-20-21)12-2-1-7-25-12/h1-7H,8-9H2,(H,17,22). The summed E-state index contributed by atoms with van der Waals surface area (Å²) >= 11 is 7.23. The molecule has 25 heavy (non-hydrogen) atoms. The number of carbonyl (C=O) groups excluding carboxylic acids is 2. The third-order valence-electron chi connectivity index (χ3n) is 2.96. The molecule has 0 aliphatic rings. The highest BCUT2D eigenvalue weighted by atomic mass is 35.5. The summed E-state index contributed by atoms with van der Waals surface area (Å²) in [6, 6.07) is 10.3. The first kappa shape index (κ1) is 17.1. The first-order chi connectivity index (χ1) is 12.1. The number of amides is 1. The second kappa shape index (κ2) is 7.86. The zero-order valence-electron chi connectivity index (χ0n) is 12.8. The van der Waals surface area contributed by atoms with Crippen LogP contribution in [0.1, 0.15) is 0 Å². The normalized spacial score (nSPS) is 10.4. The average molecular weight is 378 g/mol. The number of carbonyl (C=O) groups is 2. The number of esters is 1. The number of nitrogens with one attached hydrogen (secondary N) is 1. The number of nitrogens with zero attached hydrogens (tertiary/aromatic N) is 4. The number of ether oxygens (including phenoxy) is 1. The first-order valence-electron chi connectivity index (χ1n) is 7.13. The van der Waals surface area contributed by atoms with Crippen molar-refractivity contribution in [3.8, 4) is 10.7 Å². The van der Waals surface area contributed by atoms with E-state index in [0.717, 1.165) is 9.67 Å². The van der Waals surface area contributed by atoms with E-state index in [1.165, 1.54) is 11.3 Å². The maximum atomic E-state index is 11.8. The summed E-state index contributed by atoms with van der Waals surface area (Å²) in [5.74, 6) is -0.661. The van der Waals surface area contributed by atoms with E-state index < -0.39 is 18.5 Å². The highest BCUT2D eigenvalue weighted by molar-refractivity contribution is 7.13. The maximum Gasteiger partial charge on any atom is 0.330 e. The van der Waals surface area contributed by atoms with Crippen LogP contribution in [-0.2, 0) is 20.9 Å². The molecular weight excluding hydrogens is 366 g/mol. The third kappa shape index (κ3) is 4.85. The molecule has 128 valence electrons.